The van der Waals surface area contributed by atoms with Gasteiger partial charge in [0, 0.05) is 25.8 Å². The van der Waals surface area contributed by atoms with Crippen molar-refractivity contribution in [2.75, 3.05) is 19.7 Å². The van der Waals surface area contributed by atoms with Crippen molar-refractivity contribution in [1.82, 2.24) is 9.88 Å². The third-order valence-corrected chi connectivity index (χ3v) is 3.15. The highest BCUT2D eigenvalue weighted by atomic mass is 16.5. The van der Waals surface area contributed by atoms with Crippen LogP contribution in [0.1, 0.15) is 18.2 Å². The van der Waals surface area contributed by atoms with Gasteiger partial charge < -0.3 is 9.84 Å². The summed E-state index contributed by atoms with van der Waals surface area (Å²) in [5, 5.41) is 8.59. The monoisotopic (exact) mass is 250 g/mol. The standard InChI is InChI=1S/C13H18N2O3/c1-10-4-3-5-14-11(10)6-15-8-13(2,9-15)18-7-12(16)17/h3-5H,6-9H2,1-2H3,(H,16,17). The van der Waals surface area contributed by atoms with E-state index in [1.807, 2.05) is 26.0 Å². The molecule has 0 bridgehead atoms. The van der Waals surface area contributed by atoms with Gasteiger partial charge in [0.1, 0.15) is 6.61 Å². The van der Waals surface area contributed by atoms with Gasteiger partial charge in [-0.2, -0.15) is 0 Å². The second kappa shape index (κ2) is 5.04. The molecule has 1 N–H and O–H groups in total. The highest BCUT2D eigenvalue weighted by Crippen LogP contribution is 2.26. The minimum atomic E-state index is -0.921. The molecule has 0 aliphatic carbocycles. The Labute approximate surface area is 106 Å². The van der Waals surface area contributed by atoms with Crippen LogP contribution in [0.5, 0.6) is 0 Å². The molecule has 1 aromatic rings. The number of rotatable bonds is 5. The Hall–Kier alpha value is -1.46. The Kier molecular flexibility index (Phi) is 3.63. The van der Waals surface area contributed by atoms with Gasteiger partial charge in [-0.05, 0) is 25.5 Å². The molecule has 0 saturated carbocycles. The fourth-order valence-electron chi connectivity index (χ4n) is 2.23. The zero-order valence-electron chi connectivity index (χ0n) is 10.7. The van der Waals surface area contributed by atoms with Gasteiger partial charge in [0.2, 0.25) is 0 Å². The normalized spacial score (nSPS) is 18.3. The average Bonchev–Trinajstić information content (AvgIpc) is 2.27. The minimum absolute atomic E-state index is 0.229. The number of nitrogens with zero attached hydrogens (tertiary/aromatic N) is 2. The van der Waals surface area contributed by atoms with E-state index in [1.54, 1.807) is 6.20 Å². The highest BCUT2D eigenvalue weighted by Gasteiger charge is 2.40. The molecular weight excluding hydrogens is 232 g/mol. The number of carboxylic acids is 1. The van der Waals surface area contributed by atoms with Crippen LogP contribution in [0.25, 0.3) is 0 Å². The zero-order chi connectivity index (χ0) is 13.2. The van der Waals surface area contributed by atoms with Crippen molar-refractivity contribution in [2.45, 2.75) is 26.0 Å². The quantitative estimate of drug-likeness (QED) is 0.846. The fourth-order valence-corrected chi connectivity index (χ4v) is 2.23. The zero-order valence-corrected chi connectivity index (χ0v) is 10.7. The Morgan fingerprint density at radius 1 is 1.61 bits per heavy atom. The van der Waals surface area contributed by atoms with Crippen molar-refractivity contribution in [3.8, 4) is 0 Å². The van der Waals surface area contributed by atoms with Gasteiger partial charge in [-0.1, -0.05) is 6.07 Å². The molecule has 1 aliphatic heterocycles. The predicted octanol–water partition coefficient (Wildman–Crippen LogP) is 1.07. The summed E-state index contributed by atoms with van der Waals surface area (Å²) in [5.41, 5.74) is 1.91. The maximum atomic E-state index is 10.5. The number of likely N-dealkylation sites (tertiary alicyclic amines) is 1. The fraction of sp³-hybridized carbons (Fsp3) is 0.538. The Morgan fingerprint density at radius 2 is 2.33 bits per heavy atom. The average molecular weight is 250 g/mol. The molecule has 5 nitrogen and oxygen atoms in total. The van der Waals surface area contributed by atoms with Crippen LogP contribution in [0.15, 0.2) is 18.3 Å². The lowest BCUT2D eigenvalue weighted by atomic mass is 9.96. The largest absolute Gasteiger partial charge is 0.480 e. The molecule has 0 aromatic carbocycles. The van der Waals surface area contributed by atoms with Crippen molar-refractivity contribution in [3.63, 3.8) is 0 Å². The summed E-state index contributed by atoms with van der Waals surface area (Å²) in [7, 11) is 0. The van der Waals surface area contributed by atoms with Gasteiger partial charge in [0.05, 0.1) is 11.3 Å². The van der Waals surface area contributed by atoms with Crippen molar-refractivity contribution in [3.05, 3.63) is 29.6 Å². The summed E-state index contributed by atoms with van der Waals surface area (Å²) in [6.45, 7) is 6.04. The van der Waals surface area contributed by atoms with Gasteiger partial charge in [0.25, 0.3) is 0 Å². The van der Waals surface area contributed by atoms with E-state index >= 15 is 0 Å². The first-order chi connectivity index (χ1) is 8.48. The third-order valence-electron chi connectivity index (χ3n) is 3.15. The third kappa shape index (κ3) is 3.05. The van der Waals surface area contributed by atoms with E-state index in [0.717, 1.165) is 25.3 Å². The molecule has 2 rings (SSSR count). The summed E-state index contributed by atoms with van der Waals surface area (Å²) in [5.74, 6) is -0.921. The summed E-state index contributed by atoms with van der Waals surface area (Å²) >= 11 is 0. The van der Waals surface area contributed by atoms with Crippen molar-refractivity contribution < 1.29 is 14.6 Å². The van der Waals surface area contributed by atoms with E-state index in [1.165, 1.54) is 5.56 Å². The maximum absolute atomic E-state index is 10.5. The van der Waals surface area contributed by atoms with Gasteiger partial charge in [0.15, 0.2) is 0 Å². The lowest BCUT2D eigenvalue weighted by molar-refractivity contribution is -0.165. The van der Waals surface area contributed by atoms with Crippen molar-refractivity contribution >= 4 is 5.97 Å². The van der Waals surface area contributed by atoms with E-state index in [4.69, 9.17) is 9.84 Å². The molecule has 1 saturated heterocycles. The van der Waals surface area contributed by atoms with E-state index in [0.29, 0.717) is 0 Å². The number of aromatic nitrogens is 1. The Bertz CT molecular complexity index is 442. The lowest BCUT2D eigenvalue weighted by Crippen LogP contribution is -2.61. The van der Waals surface area contributed by atoms with Crippen LogP contribution in [0.2, 0.25) is 0 Å². The number of ether oxygens (including phenoxy) is 1. The van der Waals surface area contributed by atoms with Crippen LogP contribution >= 0.6 is 0 Å². The SMILES string of the molecule is Cc1cccnc1CN1CC(C)(OCC(=O)O)C1. The number of carbonyl (C=O) groups is 1. The molecule has 18 heavy (non-hydrogen) atoms. The molecule has 0 unspecified atom stereocenters. The summed E-state index contributed by atoms with van der Waals surface area (Å²) in [6, 6.07) is 3.97. The summed E-state index contributed by atoms with van der Waals surface area (Å²) < 4.78 is 5.36. The van der Waals surface area contributed by atoms with E-state index < -0.39 is 5.97 Å². The van der Waals surface area contributed by atoms with Crippen LogP contribution in [-0.2, 0) is 16.1 Å². The van der Waals surface area contributed by atoms with Crippen LogP contribution < -0.4 is 0 Å². The number of hydrogen-bond acceptors (Lipinski definition) is 4. The Balaban J connectivity index is 1.82. The molecule has 1 fully saturated rings. The van der Waals surface area contributed by atoms with Crippen LogP contribution in [0.3, 0.4) is 0 Å². The van der Waals surface area contributed by atoms with Crippen LogP contribution in [-0.4, -0.2) is 46.3 Å². The van der Waals surface area contributed by atoms with Crippen LogP contribution in [0, 0.1) is 6.92 Å². The molecule has 98 valence electrons. The first-order valence-corrected chi connectivity index (χ1v) is 5.97. The van der Waals surface area contributed by atoms with Gasteiger partial charge in [-0.15, -0.1) is 0 Å². The molecule has 0 amide bonds. The molecule has 0 spiro atoms. The predicted molar refractivity (Wildman–Crippen MR) is 66.2 cm³/mol. The van der Waals surface area contributed by atoms with E-state index in [9.17, 15) is 4.79 Å². The second-order valence-electron chi connectivity index (χ2n) is 5.04. The van der Waals surface area contributed by atoms with E-state index in [-0.39, 0.29) is 12.2 Å². The molecule has 0 atom stereocenters. The number of aryl methyl sites for hydroxylation is 1. The van der Waals surface area contributed by atoms with Gasteiger partial charge in [-0.25, -0.2) is 4.79 Å². The molecule has 5 heteroatoms. The topological polar surface area (TPSA) is 62.7 Å². The molecule has 0 radical (unpaired) electrons. The first kappa shape index (κ1) is 13.0. The first-order valence-electron chi connectivity index (χ1n) is 5.97. The molecular formula is C13H18N2O3. The molecule has 2 heterocycles. The number of carboxylic acid groups (broad SMARTS) is 1. The second-order valence-corrected chi connectivity index (χ2v) is 5.04. The molecule has 1 aromatic heterocycles. The highest BCUT2D eigenvalue weighted by molar-refractivity contribution is 5.68. The lowest BCUT2D eigenvalue weighted by Gasteiger charge is -2.47. The number of aliphatic carboxylic acids is 1. The van der Waals surface area contributed by atoms with E-state index in [2.05, 4.69) is 9.88 Å². The van der Waals surface area contributed by atoms with Crippen molar-refractivity contribution in [2.24, 2.45) is 0 Å². The summed E-state index contributed by atoms with van der Waals surface area (Å²) in [4.78, 5) is 17.0. The Morgan fingerprint density at radius 3 is 2.94 bits per heavy atom. The number of hydrogen-bond donors (Lipinski definition) is 1. The van der Waals surface area contributed by atoms with Gasteiger partial charge >= 0.3 is 5.97 Å². The number of pyridine rings is 1. The van der Waals surface area contributed by atoms with Crippen molar-refractivity contribution in [1.29, 1.82) is 0 Å². The maximum Gasteiger partial charge on any atom is 0.329 e. The minimum Gasteiger partial charge on any atom is -0.480 e. The smallest absolute Gasteiger partial charge is 0.329 e. The van der Waals surface area contributed by atoms with Gasteiger partial charge in [-0.3, -0.25) is 9.88 Å². The molecule has 1 aliphatic rings. The van der Waals surface area contributed by atoms with Crippen LogP contribution in [0.4, 0.5) is 0 Å². The summed E-state index contributed by atoms with van der Waals surface area (Å²) in [6.07, 6.45) is 1.79.